The first-order chi connectivity index (χ1) is 5.16. The molecule has 1 nitrogen and oxygen atoms in total. The van der Waals surface area contributed by atoms with Crippen LogP contribution in [0.25, 0.3) is 0 Å². The number of rotatable bonds is 1. The highest BCUT2D eigenvalue weighted by Crippen LogP contribution is 2.19. The van der Waals surface area contributed by atoms with E-state index in [1.165, 1.54) is 6.07 Å². The molecule has 0 aliphatic rings. The van der Waals surface area contributed by atoms with Gasteiger partial charge >= 0.3 is 0 Å². The van der Waals surface area contributed by atoms with Gasteiger partial charge in [0.25, 0.3) is 0 Å². The Morgan fingerprint density at radius 3 is 2.36 bits per heavy atom. The summed E-state index contributed by atoms with van der Waals surface area (Å²) in [4.78, 5) is 0. The average Bonchev–Trinajstić information content (AvgIpc) is 2.01. The standard InChI is InChI=1S/C9H12FN/c1-6-7(2)9(11-3)5-4-8(6)10/h4-5,11H,1-3H3. The molecule has 0 atom stereocenters. The zero-order valence-corrected chi connectivity index (χ0v) is 7.03. The fourth-order valence-electron chi connectivity index (χ4n) is 1.06. The molecule has 0 aliphatic carbocycles. The molecule has 0 unspecified atom stereocenters. The molecule has 1 N–H and O–H groups in total. The van der Waals surface area contributed by atoms with Crippen LogP contribution in [0.1, 0.15) is 11.1 Å². The Hall–Kier alpha value is -1.05. The number of hydrogen-bond acceptors (Lipinski definition) is 1. The second-order valence-electron chi connectivity index (χ2n) is 2.59. The largest absolute Gasteiger partial charge is 0.388 e. The smallest absolute Gasteiger partial charge is 0.126 e. The molecular weight excluding hydrogens is 141 g/mol. The van der Waals surface area contributed by atoms with Gasteiger partial charge in [0.15, 0.2) is 0 Å². The molecule has 0 bridgehead atoms. The maximum Gasteiger partial charge on any atom is 0.126 e. The van der Waals surface area contributed by atoms with Crippen molar-refractivity contribution in [3.63, 3.8) is 0 Å². The van der Waals surface area contributed by atoms with Gasteiger partial charge in [0.1, 0.15) is 5.82 Å². The molecule has 60 valence electrons. The lowest BCUT2D eigenvalue weighted by molar-refractivity contribution is 0.617. The van der Waals surface area contributed by atoms with E-state index >= 15 is 0 Å². The summed E-state index contributed by atoms with van der Waals surface area (Å²) in [6.45, 7) is 3.69. The third-order valence-electron chi connectivity index (χ3n) is 1.99. The Balaban J connectivity index is 3.25. The molecule has 1 aromatic rings. The Labute approximate surface area is 66.2 Å². The minimum absolute atomic E-state index is 0.137. The van der Waals surface area contributed by atoms with E-state index in [1.807, 2.05) is 14.0 Å². The zero-order chi connectivity index (χ0) is 8.43. The molecule has 0 fully saturated rings. The van der Waals surface area contributed by atoms with Gasteiger partial charge in [-0.15, -0.1) is 0 Å². The number of halogens is 1. The van der Waals surface area contributed by atoms with Gasteiger partial charge in [-0.2, -0.15) is 0 Å². The molecular formula is C9H12FN. The van der Waals surface area contributed by atoms with E-state index in [1.54, 1.807) is 13.0 Å². The van der Waals surface area contributed by atoms with E-state index in [9.17, 15) is 4.39 Å². The molecule has 0 spiro atoms. The van der Waals surface area contributed by atoms with Crippen LogP contribution in [0.3, 0.4) is 0 Å². The normalized spacial score (nSPS) is 9.82. The van der Waals surface area contributed by atoms with Crippen molar-refractivity contribution in [2.45, 2.75) is 13.8 Å². The molecule has 0 aromatic heterocycles. The minimum atomic E-state index is -0.137. The minimum Gasteiger partial charge on any atom is -0.388 e. The molecule has 1 rings (SSSR count). The summed E-state index contributed by atoms with van der Waals surface area (Å²) in [5.74, 6) is -0.137. The molecule has 1 aromatic carbocycles. The van der Waals surface area contributed by atoms with E-state index in [0.29, 0.717) is 0 Å². The Kier molecular flexibility index (Phi) is 2.13. The van der Waals surface area contributed by atoms with E-state index in [0.717, 1.165) is 16.8 Å². The van der Waals surface area contributed by atoms with Gasteiger partial charge in [0.2, 0.25) is 0 Å². The number of nitrogens with one attached hydrogen (secondary N) is 1. The molecule has 2 heteroatoms. The van der Waals surface area contributed by atoms with Crippen molar-refractivity contribution < 1.29 is 4.39 Å². The first-order valence-corrected chi connectivity index (χ1v) is 3.60. The number of benzene rings is 1. The van der Waals surface area contributed by atoms with E-state index in [4.69, 9.17) is 0 Å². The second kappa shape index (κ2) is 2.91. The van der Waals surface area contributed by atoms with Gasteiger partial charge < -0.3 is 5.32 Å². The van der Waals surface area contributed by atoms with Gasteiger partial charge in [0.05, 0.1) is 0 Å². The topological polar surface area (TPSA) is 12.0 Å². The Bertz CT molecular complexity index is 269. The van der Waals surface area contributed by atoms with Crippen LogP contribution in [0.2, 0.25) is 0 Å². The van der Waals surface area contributed by atoms with Crippen LogP contribution in [-0.2, 0) is 0 Å². The summed E-state index contributed by atoms with van der Waals surface area (Å²) in [7, 11) is 1.83. The van der Waals surface area contributed by atoms with Crippen LogP contribution in [-0.4, -0.2) is 7.05 Å². The first kappa shape index (κ1) is 8.05. The van der Waals surface area contributed by atoms with Gasteiger partial charge in [-0.3, -0.25) is 0 Å². The number of hydrogen-bond donors (Lipinski definition) is 1. The molecule has 0 aliphatic heterocycles. The Morgan fingerprint density at radius 2 is 1.82 bits per heavy atom. The third-order valence-corrected chi connectivity index (χ3v) is 1.99. The lowest BCUT2D eigenvalue weighted by Gasteiger charge is -2.07. The highest BCUT2D eigenvalue weighted by atomic mass is 19.1. The predicted octanol–water partition coefficient (Wildman–Crippen LogP) is 2.48. The molecule has 11 heavy (non-hydrogen) atoms. The van der Waals surface area contributed by atoms with Crippen molar-refractivity contribution in [2.75, 3.05) is 12.4 Å². The zero-order valence-electron chi connectivity index (χ0n) is 7.03. The Morgan fingerprint density at radius 1 is 1.18 bits per heavy atom. The van der Waals surface area contributed by atoms with Crippen LogP contribution < -0.4 is 5.32 Å². The molecule has 0 radical (unpaired) electrons. The van der Waals surface area contributed by atoms with Crippen molar-refractivity contribution in [3.8, 4) is 0 Å². The van der Waals surface area contributed by atoms with Crippen molar-refractivity contribution in [1.82, 2.24) is 0 Å². The predicted molar refractivity (Wildman–Crippen MR) is 45.4 cm³/mol. The lowest BCUT2D eigenvalue weighted by Crippen LogP contribution is -1.95. The molecule has 0 saturated carbocycles. The third kappa shape index (κ3) is 1.34. The maximum absolute atomic E-state index is 12.9. The molecule has 0 saturated heterocycles. The van der Waals surface area contributed by atoms with Crippen molar-refractivity contribution in [2.24, 2.45) is 0 Å². The fourth-order valence-corrected chi connectivity index (χ4v) is 1.06. The van der Waals surface area contributed by atoms with Crippen molar-refractivity contribution in [3.05, 3.63) is 29.1 Å². The van der Waals surface area contributed by atoms with Gasteiger partial charge in [-0.1, -0.05) is 0 Å². The summed E-state index contributed by atoms with van der Waals surface area (Å²) in [5.41, 5.74) is 2.69. The van der Waals surface area contributed by atoms with Crippen LogP contribution in [0.15, 0.2) is 12.1 Å². The first-order valence-electron chi connectivity index (χ1n) is 3.60. The quantitative estimate of drug-likeness (QED) is 0.653. The van der Waals surface area contributed by atoms with Crippen molar-refractivity contribution in [1.29, 1.82) is 0 Å². The SMILES string of the molecule is CNc1ccc(F)c(C)c1C. The highest BCUT2D eigenvalue weighted by molar-refractivity contribution is 5.53. The van der Waals surface area contributed by atoms with E-state index in [-0.39, 0.29) is 5.82 Å². The van der Waals surface area contributed by atoms with Crippen LogP contribution in [0.4, 0.5) is 10.1 Å². The van der Waals surface area contributed by atoms with E-state index in [2.05, 4.69) is 5.32 Å². The average molecular weight is 153 g/mol. The number of anilines is 1. The summed E-state index contributed by atoms with van der Waals surface area (Å²) in [6, 6.07) is 3.23. The van der Waals surface area contributed by atoms with Gasteiger partial charge in [0, 0.05) is 12.7 Å². The monoisotopic (exact) mass is 153 g/mol. The maximum atomic E-state index is 12.9. The molecule has 0 heterocycles. The fraction of sp³-hybridized carbons (Fsp3) is 0.333. The second-order valence-corrected chi connectivity index (χ2v) is 2.59. The van der Waals surface area contributed by atoms with Crippen LogP contribution in [0.5, 0.6) is 0 Å². The van der Waals surface area contributed by atoms with Crippen LogP contribution >= 0.6 is 0 Å². The van der Waals surface area contributed by atoms with Gasteiger partial charge in [-0.25, -0.2) is 4.39 Å². The van der Waals surface area contributed by atoms with Crippen LogP contribution in [0, 0.1) is 19.7 Å². The van der Waals surface area contributed by atoms with Gasteiger partial charge in [-0.05, 0) is 37.1 Å². The van der Waals surface area contributed by atoms with E-state index < -0.39 is 0 Å². The highest BCUT2D eigenvalue weighted by Gasteiger charge is 2.03. The van der Waals surface area contributed by atoms with Crippen molar-refractivity contribution >= 4 is 5.69 Å². The summed E-state index contributed by atoms with van der Waals surface area (Å²) >= 11 is 0. The summed E-state index contributed by atoms with van der Waals surface area (Å²) < 4.78 is 12.9. The summed E-state index contributed by atoms with van der Waals surface area (Å²) in [5, 5.41) is 3.00. The lowest BCUT2D eigenvalue weighted by atomic mass is 10.1. The molecule has 0 amide bonds. The summed E-state index contributed by atoms with van der Waals surface area (Å²) in [6.07, 6.45) is 0.